The number of halogens is 2. The standard InChI is InChI=1S/C11H17ClN2OS.ClH/c1-13-7-8-14(2)11(15)6-4-9-3-5-10(12)16-9;/h3,5,13H,4,6-8H2,1-2H3;1H. The van der Waals surface area contributed by atoms with Gasteiger partial charge in [-0.3, -0.25) is 4.79 Å². The summed E-state index contributed by atoms with van der Waals surface area (Å²) in [5.41, 5.74) is 0. The highest BCUT2D eigenvalue weighted by Gasteiger charge is 2.08. The number of nitrogens with one attached hydrogen (secondary N) is 1. The van der Waals surface area contributed by atoms with Crippen molar-refractivity contribution in [1.82, 2.24) is 10.2 Å². The number of carbonyl (C=O) groups is 1. The maximum Gasteiger partial charge on any atom is 0.222 e. The van der Waals surface area contributed by atoms with Gasteiger partial charge in [-0.25, -0.2) is 0 Å². The molecule has 17 heavy (non-hydrogen) atoms. The van der Waals surface area contributed by atoms with E-state index < -0.39 is 0 Å². The molecule has 1 amide bonds. The fourth-order valence-electron chi connectivity index (χ4n) is 1.31. The minimum atomic E-state index is 0. The highest BCUT2D eigenvalue weighted by Crippen LogP contribution is 2.22. The molecule has 0 unspecified atom stereocenters. The van der Waals surface area contributed by atoms with E-state index in [0.717, 1.165) is 23.8 Å². The number of aryl methyl sites for hydroxylation is 1. The molecule has 0 aliphatic heterocycles. The maximum atomic E-state index is 11.7. The molecule has 3 nitrogen and oxygen atoms in total. The SMILES string of the molecule is CNCCN(C)C(=O)CCc1ccc(Cl)s1.Cl. The lowest BCUT2D eigenvalue weighted by atomic mass is 10.2. The molecule has 1 heterocycles. The maximum absolute atomic E-state index is 11.7. The average Bonchev–Trinajstić information content (AvgIpc) is 2.68. The molecule has 0 aromatic carbocycles. The van der Waals surface area contributed by atoms with Gasteiger partial charge in [0, 0.05) is 31.4 Å². The molecule has 0 radical (unpaired) electrons. The van der Waals surface area contributed by atoms with Gasteiger partial charge in [-0.2, -0.15) is 0 Å². The Morgan fingerprint density at radius 3 is 2.76 bits per heavy atom. The Bertz CT molecular complexity index is 344. The van der Waals surface area contributed by atoms with Gasteiger partial charge in [0.05, 0.1) is 4.34 Å². The average molecular weight is 297 g/mol. The van der Waals surface area contributed by atoms with Crippen molar-refractivity contribution in [2.24, 2.45) is 0 Å². The van der Waals surface area contributed by atoms with Crippen molar-refractivity contribution >= 4 is 41.3 Å². The van der Waals surface area contributed by atoms with Crippen LogP contribution in [0.3, 0.4) is 0 Å². The zero-order valence-electron chi connectivity index (χ0n) is 10.0. The van der Waals surface area contributed by atoms with Gasteiger partial charge < -0.3 is 10.2 Å². The highest BCUT2D eigenvalue weighted by molar-refractivity contribution is 7.16. The third-order valence-electron chi connectivity index (χ3n) is 2.34. The predicted molar refractivity (Wildman–Crippen MR) is 76.5 cm³/mol. The highest BCUT2D eigenvalue weighted by atomic mass is 35.5. The van der Waals surface area contributed by atoms with Crippen LogP contribution in [0.25, 0.3) is 0 Å². The molecule has 0 saturated carbocycles. The Labute approximate surface area is 118 Å². The number of rotatable bonds is 6. The first-order valence-electron chi connectivity index (χ1n) is 5.26. The van der Waals surface area contributed by atoms with Gasteiger partial charge >= 0.3 is 0 Å². The molecule has 1 aromatic rings. The van der Waals surface area contributed by atoms with Crippen molar-refractivity contribution in [3.8, 4) is 0 Å². The molecule has 0 aliphatic carbocycles. The molecule has 1 rings (SSSR count). The molecule has 0 saturated heterocycles. The van der Waals surface area contributed by atoms with Crippen LogP contribution in [0.1, 0.15) is 11.3 Å². The third kappa shape index (κ3) is 6.27. The fourth-order valence-corrected chi connectivity index (χ4v) is 2.40. The molecule has 1 aromatic heterocycles. The first kappa shape index (κ1) is 16.7. The summed E-state index contributed by atoms with van der Waals surface area (Å²) < 4.78 is 0.783. The van der Waals surface area contributed by atoms with Crippen LogP contribution in [0.2, 0.25) is 4.34 Å². The van der Waals surface area contributed by atoms with E-state index in [-0.39, 0.29) is 18.3 Å². The Morgan fingerprint density at radius 1 is 1.53 bits per heavy atom. The number of likely N-dealkylation sites (N-methyl/N-ethyl adjacent to an activating group) is 2. The molecule has 0 aliphatic rings. The van der Waals surface area contributed by atoms with Crippen LogP contribution in [0.4, 0.5) is 0 Å². The molecule has 0 spiro atoms. The van der Waals surface area contributed by atoms with Gasteiger partial charge in [0.2, 0.25) is 5.91 Å². The molecular formula is C11H18Cl2N2OS. The zero-order chi connectivity index (χ0) is 12.0. The summed E-state index contributed by atoms with van der Waals surface area (Å²) in [7, 11) is 3.72. The van der Waals surface area contributed by atoms with Gasteiger partial charge in [-0.1, -0.05) is 11.6 Å². The summed E-state index contributed by atoms with van der Waals surface area (Å²) >= 11 is 7.36. The van der Waals surface area contributed by atoms with Crippen LogP contribution in [-0.4, -0.2) is 38.0 Å². The smallest absolute Gasteiger partial charge is 0.222 e. The Hall–Kier alpha value is -0.290. The predicted octanol–water partition coefficient (Wildman–Crippen LogP) is 2.43. The Morgan fingerprint density at radius 2 is 2.24 bits per heavy atom. The van der Waals surface area contributed by atoms with E-state index in [1.165, 1.54) is 4.88 Å². The quantitative estimate of drug-likeness (QED) is 0.874. The molecule has 1 N–H and O–H groups in total. The van der Waals surface area contributed by atoms with Gasteiger partial charge in [0.15, 0.2) is 0 Å². The zero-order valence-corrected chi connectivity index (χ0v) is 12.4. The van der Waals surface area contributed by atoms with E-state index in [2.05, 4.69) is 5.32 Å². The molecule has 0 fully saturated rings. The monoisotopic (exact) mass is 296 g/mol. The van der Waals surface area contributed by atoms with Gasteiger partial charge in [0.1, 0.15) is 0 Å². The van der Waals surface area contributed by atoms with E-state index in [1.807, 2.05) is 26.2 Å². The first-order chi connectivity index (χ1) is 7.63. The Kier molecular flexibility index (Phi) is 8.60. The second-order valence-corrected chi connectivity index (χ2v) is 5.42. The largest absolute Gasteiger partial charge is 0.344 e. The van der Waals surface area contributed by atoms with Crippen LogP contribution < -0.4 is 5.32 Å². The number of nitrogens with zero attached hydrogens (tertiary/aromatic N) is 1. The third-order valence-corrected chi connectivity index (χ3v) is 3.63. The van der Waals surface area contributed by atoms with Crippen LogP contribution in [0.5, 0.6) is 0 Å². The summed E-state index contributed by atoms with van der Waals surface area (Å²) in [5, 5.41) is 3.02. The lowest BCUT2D eigenvalue weighted by Gasteiger charge is -2.16. The van der Waals surface area contributed by atoms with E-state index in [9.17, 15) is 4.79 Å². The topological polar surface area (TPSA) is 32.3 Å². The van der Waals surface area contributed by atoms with Crippen molar-refractivity contribution in [2.75, 3.05) is 27.2 Å². The first-order valence-corrected chi connectivity index (χ1v) is 6.45. The summed E-state index contributed by atoms with van der Waals surface area (Å²) in [6.45, 7) is 1.58. The Balaban J connectivity index is 0.00000256. The minimum absolute atomic E-state index is 0. The van der Waals surface area contributed by atoms with Crippen molar-refractivity contribution in [2.45, 2.75) is 12.8 Å². The van der Waals surface area contributed by atoms with Crippen molar-refractivity contribution in [3.05, 3.63) is 21.3 Å². The summed E-state index contributed by atoms with van der Waals surface area (Å²) in [4.78, 5) is 14.6. The van der Waals surface area contributed by atoms with E-state index >= 15 is 0 Å². The number of carbonyl (C=O) groups excluding carboxylic acids is 1. The van der Waals surface area contributed by atoms with Crippen molar-refractivity contribution < 1.29 is 4.79 Å². The van der Waals surface area contributed by atoms with E-state index in [1.54, 1.807) is 16.2 Å². The van der Waals surface area contributed by atoms with E-state index in [0.29, 0.717) is 6.42 Å². The summed E-state index contributed by atoms with van der Waals surface area (Å²) in [6.07, 6.45) is 1.33. The number of amides is 1. The molecule has 0 atom stereocenters. The number of hydrogen-bond donors (Lipinski definition) is 1. The molecule has 98 valence electrons. The van der Waals surface area contributed by atoms with Crippen molar-refractivity contribution in [1.29, 1.82) is 0 Å². The second-order valence-electron chi connectivity index (χ2n) is 3.62. The fraction of sp³-hybridized carbons (Fsp3) is 0.545. The van der Waals surface area contributed by atoms with Gasteiger partial charge in [-0.15, -0.1) is 23.7 Å². The number of thiophene rings is 1. The summed E-state index contributed by atoms with van der Waals surface area (Å²) in [5.74, 6) is 0.180. The van der Waals surface area contributed by atoms with Crippen molar-refractivity contribution in [3.63, 3.8) is 0 Å². The minimum Gasteiger partial charge on any atom is -0.344 e. The molecular weight excluding hydrogens is 279 g/mol. The van der Waals surface area contributed by atoms with Crippen LogP contribution in [0, 0.1) is 0 Å². The van der Waals surface area contributed by atoms with Crippen LogP contribution >= 0.6 is 35.3 Å². The molecule has 0 bridgehead atoms. The second kappa shape index (κ2) is 8.75. The summed E-state index contributed by atoms with van der Waals surface area (Å²) in [6, 6.07) is 3.85. The van der Waals surface area contributed by atoms with Crippen LogP contribution in [0.15, 0.2) is 12.1 Å². The van der Waals surface area contributed by atoms with E-state index in [4.69, 9.17) is 11.6 Å². The lowest BCUT2D eigenvalue weighted by molar-refractivity contribution is -0.129. The molecule has 6 heteroatoms. The lowest BCUT2D eigenvalue weighted by Crippen LogP contribution is -2.32. The number of hydrogen-bond acceptors (Lipinski definition) is 3. The normalized spacial score (nSPS) is 9.82. The van der Waals surface area contributed by atoms with Gasteiger partial charge in [-0.05, 0) is 25.6 Å². The van der Waals surface area contributed by atoms with Crippen LogP contribution in [-0.2, 0) is 11.2 Å². The van der Waals surface area contributed by atoms with Gasteiger partial charge in [0.25, 0.3) is 0 Å².